The Kier molecular flexibility index (Phi) is 4.63. The molecule has 8 nitrogen and oxygen atoms in total. The van der Waals surface area contributed by atoms with Gasteiger partial charge >= 0.3 is 0 Å². The van der Waals surface area contributed by atoms with Crippen molar-refractivity contribution in [2.75, 3.05) is 13.1 Å². The lowest BCUT2D eigenvalue weighted by Crippen LogP contribution is -2.38. The highest BCUT2D eigenvalue weighted by atomic mass is 16.3. The molecular formula is C12H16N4O4. The van der Waals surface area contributed by atoms with Gasteiger partial charge in [0.2, 0.25) is 0 Å². The average Bonchev–Trinajstić information content (AvgIpc) is 2.37. The molecule has 2 amide bonds. The smallest absolute Gasteiger partial charge is 0.257 e. The Morgan fingerprint density at radius 3 is 1.45 bits per heavy atom. The monoisotopic (exact) mass is 280 g/mol. The van der Waals surface area contributed by atoms with E-state index in [4.69, 9.17) is 10.8 Å². The molecule has 1 rings (SSSR count). The van der Waals surface area contributed by atoms with Gasteiger partial charge in [-0.1, -0.05) is 0 Å². The minimum Gasteiger partial charge on any atom is -0.505 e. The van der Waals surface area contributed by atoms with E-state index in [1.54, 1.807) is 13.8 Å². The van der Waals surface area contributed by atoms with Crippen LogP contribution in [0.15, 0.2) is 22.7 Å². The number of carbonyl (C=O) groups excluding carboxylic acids is 2. The van der Waals surface area contributed by atoms with Gasteiger partial charge in [-0.3, -0.25) is 20.4 Å². The fourth-order valence-corrected chi connectivity index (χ4v) is 1.66. The van der Waals surface area contributed by atoms with Crippen LogP contribution < -0.4 is 10.6 Å². The van der Waals surface area contributed by atoms with Crippen molar-refractivity contribution in [1.82, 2.24) is 10.6 Å². The van der Waals surface area contributed by atoms with Crippen molar-refractivity contribution in [1.29, 1.82) is 10.8 Å². The molecule has 8 heteroatoms. The van der Waals surface area contributed by atoms with E-state index in [-0.39, 0.29) is 13.1 Å². The molecule has 1 aliphatic rings. The number of hydrogen-bond acceptors (Lipinski definition) is 6. The van der Waals surface area contributed by atoms with E-state index >= 15 is 0 Å². The topological polar surface area (TPSA) is 146 Å². The fourth-order valence-electron chi connectivity index (χ4n) is 1.66. The molecule has 0 saturated carbocycles. The first-order valence-electron chi connectivity index (χ1n) is 5.98. The molecule has 0 unspecified atom stereocenters. The summed E-state index contributed by atoms with van der Waals surface area (Å²) in [7, 11) is 0. The number of hydrogen-bond donors (Lipinski definition) is 6. The van der Waals surface area contributed by atoms with Crippen LogP contribution in [-0.2, 0) is 9.59 Å². The highest BCUT2D eigenvalue weighted by Gasteiger charge is 2.36. The zero-order valence-corrected chi connectivity index (χ0v) is 11.1. The summed E-state index contributed by atoms with van der Waals surface area (Å²) < 4.78 is 0. The van der Waals surface area contributed by atoms with Crippen molar-refractivity contribution in [2.45, 2.75) is 13.8 Å². The van der Waals surface area contributed by atoms with Crippen LogP contribution in [-0.4, -0.2) is 46.5 Å². The SMILES string of the molecule is CCNC(=O)C1=C(O)C(=N)C(C(=O)NCC)=C(O)C1=N. The standard InChI is InChI=1S/C12H16N4O4/c1-3-15-11(19)5-7(13)10(18)6(8(14)9(5)17)12(20)16-4-2/h13-14,17-18H,3-4H2,1-2H3,(H,15,19)(H,16,20). The number of likely N-dealkylation sites (N-methyl/N-ethyl adjacent to an activating group) is 2. The van der Waals surface area contributed by atoms with E-state index in [1.807, 2.05) is 0 Å². The Labute approximate surface area is 115 Å². The van der Waals surface area contributed by atoms with Crippen LogP contribution in [0.3, 0.4) is 0 Å². The van der Waals surface area contributed by atoms with E-state index in [2.05, 4.69) is 10.6 Å². The molecule has 0 fully saturated rings. The third-order valence-electron chi connectivity index (χ3n) is 2.58. The Balaban J connectivity index is 3.28. The lowest BCUT2D eigenvalue weighted by molar-refractivity contribution is -0.118. The maximum atomic E-state index is 11.7. The zero-order valence-electron chi connectivity index (χ0n) is 11.1. The first-order valence-corrected chi connectivity index (χ1v) is 5.98. The lowest BCUT2D eigenvalue weighted by atomic mass is 9.91. The zero-order chi connectivity index (χ0) is 15.4. The molecule has 108 valence electrons. The number of aliphatic hydroxyl groups is 2. The number of nitrogens with one attached hydrogen (secondary N) is 4. The summed E-state index contributed by atoms with van der Waals surface area (Å²) in [6.45, 7) is 3.79. The number of carbonyl (C=O) groups is 2. The van der Waals surface area contributed by atoms with Gasteiger partial charge in [0, 0.05) is 13.1 Å². The molecule has 0 aromatic rings. The predicted molar refractivity (Wildman–Crippen MR) is 72.1 cm³/mol. The summed E-state index contributed by atoms with van der Waals surface area (Å²) in [4.78, 5) is 23.4. The summed E-state index contributed by atoms with van der Waals surface area (Å²) >= 11 is 0. The second kappa shape index (κ2) is 6.00. The number of allylic oxidation sites excluding steroid dienone is 2. The molecular weight excluding hydrogens is 264 g/mol. The van der Waals surface area contributed by atoms with Gasteiger partial charge < -0.3 is 20.8 Å². The van der Waals surface area contributed by atoms with Crippen LogP contribution in [0.4, 0.5) is 0 Å². The van der Waals surface area contributed by atoms with Crippen LogP contribution >= 0.6 is 0 Å². The van der Waals surface area contributed by atoms with Crippen LogP contribution in [0, 0.1) is 10.8 Å². The first-order chi connectivity index (χ1) is 9.36. The fraction of sp³-hybridized carbons (Fsp3) is 0.333. The maximum absolute atomic E-state index is 11.7. The van der Waals surface area contributed by atoms with E-state index in [1.165, 1.54) is 0 Å². The minimum atomic E-state index is -0.806. The van der Waals surface area contributed by atoms with Gasteiger partial charge in [-0.25, -0.2) is 0 Å². The highest BCUT2D eigenvalue weighted by molar-refractivity contribution is 6.40. The van der Waals surface area contributed by atoms with Crippen molar-refractivity contribution in [3.05, 3.63) is 22.7 Å². The average molecular weight is 280 g/mol. The predicted octanol–water partition coefficient (Wildman–Crippen LogP) is -0.0641. The third kappa shape index (κ3) is 2.53. The number of amides is 2. The van der Waals surface area contributed by atoms with Gasteiger partial charge in [0.25, 0.3) is 11.8 Å². The summed E-state index contributed by atoms with van der Waals surface area (Å²) in [6, 6.07) is 0. The van der Waals surface area contributed by atoms with Crippen LogP contribution in [0.25, 0.3) is 0 Å². The van der Waals surface area contributed by atoms with Crippen molar-refractivity contribution in [3.8, 4) is 0 Å². The molecule has 0 aliphatic heterocycles. The maximum Gasteiger partial charge on any atom is 0.257 e. The van der Waals surface area contributed by atoms with Gasteiger partial charge in [-0.15, -0.1) is 0 Å². The first kappa shape index (κ1) is 15.4. The van der Waals surface area contributed by atoms with Gasteiger partial charge in [-0.05, 0) is 13.8 Å². The van der Waals surface area contributed by atoms with Crippen LogP contribution in [0.1, 0.15) is 13.8 Å². The molecule has 0 spiro atoms. The summed E-state index contributed by atoms with van der Waals surface area (Å²) in [5, 5.41) is 39.7. The molecule has 20 heavy (non-hydrogen) atoms. The molecule has 0 saturated heterocycles. The second-order valence-corrected chi connectivity index (χ2v) is 3.92. The van der Waals surface area contributed by atoms with E-state index in [9.17, 15) is 19.8 Å². The Bertz CT molecular complexity index is 510. The molecule has 6 N–H and O–H groups in total. The van der Waals surface area contributed by atoms with Crippen molar-refractivity contribution < 1.29 is 19.8 Å². The molecule has 0 aromatic heterocycles. The highest BCUT2D eigenvalue weighted by Crippen LogP contribution is 2.23. The number of aliphatic hydroxyl groups excluding tert-OH is 2. The molecule has 0 heterocycles. The Morgan fingerprint density at radius 2 is 1.20 bits per heavy atom. The molecule has 0 atom stereocenters. The van der Waals surface area contributed by atoms with Crippen molar-refractivity contribution >= 4 is 23.2 Å². The third-order valence-corrected chi connectivity index (χ3v) is 2.58. The van der Waals surface area contributed by atoms with Gasteiger partial charge in [0.05, 0.1) is 0 Å². The van der Waals surface area contributed by atoms with Crippen molar-refractivity contribution in [3.63, 3.8) is 0 Å². The summed E-state index contributed by atoms with van der Waals surface area (Å²) in [6.07, 6.45) is 0. The van der Waals surface area contributed by atoms with Crippen LogP contribution in [0.5, 0.6) is 0 Å². The lowest BCUT2D eigenvalue weighted by Gasteiger charge is -2.20. The molecule has 0 radical (unpaired) electrons. The molecule has 1 aliphatic carbocycles. The normalized spacial score (nSPS) is 15.5. The van der Waals surface area contributed by atoms with Gasteiger partial charge in [-0.2, -0.15) is 0 Å². The van der Waals surface area contributed by atoms with Gasteiger partial charge in [0.1, 0.15) is 22.6 Å². The Hall–Kier alpha value is -2.64. The summed E-state index contributed by atoms with van der Waals surface area (Å²) in [5.74, 6) is -3.19. The van der Waals surface area contributed by atoms with Crippen LogP contribution in [0.2, 0.25) is 0 Å². The second-order valence-electron chi connectivity index (χ2n) is 3.92. The van der Waals surface area contributed by atoms with E-state index < -0.39 is 45.9 Å². The largest absolute Gasteiger partial charge is 0.505 e. The van der Waals surface area contributed by atoms with Crippen molar-refractivity contribution in [2.24, 2.45) is 0 Å². The minimum absolute atomic E-state index is 0.254. The molecule has 0 bridgehead atoms. The Morgan fingerprint density at radius 1 is 0.900 bits per heavy atom. The summed E-state index contributed by atoms with van der Waals surface area (Å²) in [5.41, 5.74) is -2.43. The quantitative estimate of drug-likeness (QED) is 0.400. The number of rotatable bonds is 4. The molecule has 0 aromatic carbocycles. The van der Waals surface area contributed by atoms with Gasteiger partial charge in [0.15, 0.2) is 11.5 Å². The van der Waals surface area contributed by atoms with E-state index in [0.717, 1.165) is 0 Å². The van der Waals surface area contributed by atoms with E-state index in [0.29, 0.717) is 0 Å².